The monoisotopic (exact) mass is 281 g/mol. The molecule has 0 aliphatic heterocycles. The molecule has 0 N–H and O–H groups in total. The summed E-state index contributed by atoms with van der Waals surface area (Å²) in [5, 5.41) is 0. The van der Waals surface area contributed by atoms with Gasteiger partial charge in [-0.05, 0) is 6.08 Å². The van der Waals surface area contributed by atoms with Gasteiger partial charge < -0.3 is 0 Å². The van der Waals surface area contributed by atoms with Gasteiger partial charge in [-0.3, -0.25) is 0 Å². The van der Waals surface area contributed by atoms with Crippen LogP contribution in [-0.2, 0) is 0 Å². The molecule has 1 unspecified atom stereocenters. The van der Waals surface area contributed by atoms with Crippen molar-refractivity contribution in [1.29, 1.82) is 0 Å². The highest BCUT2D eigenvalue weighted by Crippen LogP contribution is 2.48. The second kappa shape index (κ2) is 4.20. The Morgan fingerprint density at radius 3 is 1.67 bits per heavy atom. The Morgan fingerprint density at radius 2 is 1.33 bits per heavy atom. The van der Waals surface area contributed by atoms with Gasteiger partial charge in [-0.2, -0.15) is 39.5 Å². The Balaban J connectivity index is 3.45. The van der Waals surface area contributed by atoms with E-state index in [0.717, 1.165) is 6.08 Å². The van der Waals surface area contributed by atoms with Crippen LogP contribution in [0.5, 0.6) is 0 Å². The molecule has 0 bridgehead atoms. The van der Waals surface area contributed by atoms with Gasteiger partial charge in [0.05, 0.1) is 17.1 Å². The topological polar surface area (TPSA) is 0 Å². The molecule has 1 atom stereocenters. The molecule has 0 saturated carbocycles. The molecule has 0 heterocycles. The van der Waals surface area contributed by atoms with Crippen LogP contribution in [0.15, 0.2) is 17.2 Å². The third-order valence-corrected chi connectivity index (χ3v) is 1.94. The van der Waals surface area contributed by atoms with Crippen LogP contribution in [0.2, 0.25) is 0 Å². The standard InChI is InChI=1S/C9H2F9/c10-7(11,12)4-2-1-3-5(8(13,14)15)6(4)9(16,17)18/h1,4H. The minimum absolute atomic E-state index is 0.0657. The van der Waals surface area contributed by atoms with E-state index in [1.54, 1.807) is 0 Å². The molecule has 0 aromatic rings. The predicted octanol–water partition coefficient (Wildman–Crippen LogP) is 4.04. The number of hydrogen-bond donors (Lipinski definition) is 0. The quantitative estimate of drug-likeness (QED) is 0.588. The van der Waals surface area contributed by atoms with Crippen molar-refractivity contribution in [3.8, 4) is 0 Å². The molecule has 0 aromatic carbocycles. The second-order valence-electron chi connectivity index (χ2n) is 3.21. The van der Waals surface area contributed by atoms with Gasteiger partial charge in [-0.25, -0.2) is 0 Å². The zero-order valence-corrected chi connectivity index (χ0v) is 8.06. The number of allylic oxidation sites excluding steroid dienone is 4. The fourth-order valence-corrected chi connectivity index (χ4v) is 1.30. The lowest BCUT2D eigenvalue weighted by Crippen LogP contribution is -2.36. The van der Waals surface area contributed by atoms with Crippen LogP contribution in [0, 0.1) is 18.4 Å². The first-order valence-electron chi connectivity index (χ1n) is 4.14. The lowest BCUT2D eigenvalue weighted by molar-refractivity contribution is -0.181. The van der Waals surface area contributed by atoms with Crippen molar-refractivity contribution in [1.82, 2.24) is 0 Å². The largest absolute Gasteiger partial charge is 0.417 e. The predicted molar refractivity (Wildman–Crippen MR) is 39.7 cm³/mol. The van der Waals surface area contributed by atoms with Crippen LogP contribution in [0.1, 0.15) is 0 Å². The van der Waals surface area contributed by atoms with E-state index in [0.29, 0.717) is 0 Å². The number of alkyl halides is 9. The summed E-state index contributed by atoms with van der Waals surface area (Å²) in [5.74, 6) is -3.46. The molecule has 0 aromatic heterocycles. The Labute approximate surface area is 94.8 Å². The molecule has 0 spiro atoms. The van der Waals surface area contributed by atoms with E-state index in [-0.39, 0.29) is 6.08 Å². The summed E-state index contributed by atoms with van der Waals surface area (Å²) in [6, 6.07) is 0. The summed E-state index contributed by atoms with van der Waals surface area (Å²) < 4.78 is 111. The molecule has 9 heteroatoms. The molecular formula is C9H2F9. The summed E-state index contributed by atoms with van der Waals surface area (Å²) >= 11 is 0. The first kappa shape index (κ1) is 14.9. The van der Waals surface area contributed by atoms with Crippen molar-refractivity contribution in [3.05, 3.63) is 29.7 Å². The van der Waals surface area contributed by atoms with E-state index in [1.807, 2.05) is 0 Å². The molecule has 1 rings (SSSR count). The van der Waals surface area contributed by atoms with Gasteiger partial charge in [0.25, 0.3) is 0 Å². The summed E-state index contributed by atoms with van der Waals surface area (Å²) in [6.07, 6.45) is -14.5. The molecule has 0 nitrogen and oxygen atoms in total. The average molecular weight is 281 g/mol. The first-order chi connectivity index (χ1) is 7.85. The Bertz CT molecular complexity index is 376. The molecule has 0 fully saturated rings. The van der Waals surface area contributed by atoms with E-state index in [4.69, 9.17) is 0 Å². The van der Waals surface area contributed by atoms with E-state index in [2.05, 4.69) is 0 Å². The van der Waals surface area contributed by atoms with Crippen LogP contribution in [0.4, 0.5) is 39.5 Å². The molecule has 0 saturated heterocycles. The highest BCUT2D eigenvalue weighted by Gasteiger charge is 2.56. The van der Waals surface area contributed by atoms with Crippen molar-refractivity contribution >= 4 is 0 Å². The molecular weight excluding hydrogens is 279 g/mol. The molecule has 18 heavy (non-hydrogen) atoms. The van der Waals surface area contributed by atoms with Crippen LogP contribution >= 0.6 is 0 Å². The third-order valence-electron chi connectivity index (χ3n) is 1.94. The number of halogens is 9. The van der Waals surface area contributed by atoms with Gasteiger partial charge in [0, 0.05) is 6.42 Å². The molecule has 1 aliphatic carbocycles. The van der Waals surface area contributed by atoms with Crippen molar-refractivity contribution in [2.45, 2.75) is 18.5 Å². The Hall–Kier alpha value is -1.15. The highest BCUT2D eigenvalue weighted by molar-refractivity contribution is 5.39. The fourth-order valence-electron chi connectivity index (χ4n) is 1.30. The Morgan fingerprint density at radius 1 is 0.833 bits per heavy atom. The van der Waals surface area contributed by atoms with E-state index < -0.39 is 35.6 Å². The van der Waals surface area contributed by atoms with Gasteiger partial charge in [0.2, 0.25) is 0 Å². The van der Waals surface area contributed by atoms with E-state index >= 15 is 0 Å². The fraction of sp³-hybridized carbons (Fsp3) is 0.444. The Kier molecular flexibility index (Phi) is 3.48. The van der Waals surface area contributed by atoms with E-state index in [9.17, 15) is 39.5 Å². The minimum Gasteiger partial charge on any atom is -0.170 e. The molecule has 101 valence electrons. The van der Waals surface area contributed by atoms with Crippen LogP contribution < -0.4 is 0 Å². The smallest absolute Gasteiger partial charge is 0.170 e. The third kappa shape index (κ3) is 2.99. The van der Waals surface area contributed by atoms with Crippen molar-refractivity contribution < 1.29 is 39.5 Å². The van der Waals surface area contributed by atoms with Gasteiger partial charge in [-0.1, -0.05) is 6.08 Å². The lowest BCUT2D eigenvalue weighted by Gasteiger charge is -2.28. The van der Waals surface area contributed by atoms with E-state index in [1.165, 1.54) is 6.42 Å². The van der Waals surface area contributed by atoms with Gasteiger partial charge in [0.1, 0.15) is 0 Å². The van der Waals surface area contributed by atoms with Crippen molar-refractivity contribution in [3.63, 3.8) is 0 Å². The maximum atomic E-state index is 12.4. The number of rotatable bonds is 0. The molecule has 1 aliphatic rings. The average Bonchev–Trinajstić information content (AvgIpc) is 2.12. The maximum absolute atomic E-state index is 12.4. The van der Waals surface area contributed by atoms with Crippen LogP contribution in [0.25, 0.3) is 0 Å². The van der Waals surface area contributed by atoms with Crippen molar-refractivity contribution in [2.24, 2.45) is 5.92 Å². The maximum Gasteiger partial charge on any atom is 0.417 e. The highest BCUT2D eigenvalue weighted by atomic mass is 19.4. The van der Waals surface area contributed by atoms with Crippen LogP contribution in [-0.4, -0.2) is 18.5 Å². The zero-order chi connectivity index (χ0) is 14.4. The summed E-state index contributed by atoms with van der Waals surface area (Å²) in [4.78, 5) is 0. The second-order valence-corrected chi connectivity index (χ2v) is 3.21. The summed E-state index contributed by atoms with van der Waals surface area (Å²) in [7, 11) is 0. The lowest BCUT2D eigenvalue weighted by atomic mass is 9.85. The first-order valence-corrected chi connectivity index (χ1v) is 4.14. The van der Waals surface area contributed by atoms with Gasteiger partial charge >= 0.3 is 18.5 Å². The molecule has 0 amide bonds. The number of hydrogen-bond acceptors (Lipinski definition) is 0. The minimum atomic E-state index is -5.78. The summed E-state index contributed by atoms with van der Waals surface area (Å²) in [6.45, 7) is 0. The summed E-state index contributed by atoms with van der Waals surface area (Å²) in [5.41, 5.74) is -5.22. The zero-order valence-electron chi connectivity index (χ0n) is 8.06. The normalized spacial score (nSPS) is 22.6. The van der Waals surface area contributed by atoms with Gasteiger partial charge in [0.15, 0.2) is 0 Å². The van der Waals surface area contributed by atoms with Gasteiger partial charge in [-0.15, -0.1) is 0 Å². The van der Waals surface area contributed by atoms with Crippen molar-refractivity contribution in [2.75, 3.05) is 0 Å². The molecule has 3 radical (unpaired) electrons. The van der Waals surface area contributed by atoms with Crippen LogP contribution in [0.3, 0.4) is 0 Å². The SMILES string of the molecule is FC(F)(F)C1=C(C(F)(F)F)C(C(F)(F)F)[C]C=[C]1.